The van der Waals surface area contributed by atoms with Crippen molar-refractivity contribution in [3.63, 3.8) is 0 Å². The van der Waals surface area contributed by atoms with Crippen molar-refractivity contribution in [1.29, 1.82) is 0 Å². The monoisotopic (exact) mass is 748 g/mol. The maximum Gasteiger partial charge on any atom is 0.166 e. The van der Waals surface area contributed by atoms with Gasteiger partial charge in [0.25, 0.3) is 0 Å². The SMILES string of the molecule is [2H]c1c([2H])c([2H])c(-c2nc(-c3c([2H])c([2H])c([2H])c([2H])c3-n3c4c([2H])c([2H])c([2H])c([2H])c4c4c([2H])c(-c5c([2H])c([2H])c([2H])c([2H])c5[2H])c([2H])c([2H])c43)nc(-c3c([2H])c([2H])c([2H])c4oc5c([2H])c([2H])c([2H])c(-c6c([2H])c([2H])c([2H])c([2H])c6[2H])c5c34)n2)c([2H])c1[2H]. The molecule has 0 bridgehead atoms. The molecule has 0 aliphatic rings. The van der Waals surface area contributed by atoms with Gasteiger partial charge in [-0.15, -0.1) is 0 Å². The Hall–Kier alpha value is -7.63. The molecule has 0 aliphatic heterocycles. The lowest BCUT2D eigenvalue weighted by molar-refractivity contribution is 0.669. The van der Waals surface area contributed by atoms with Crippen LogP contribution in [0.15, 0.2) is 198 Å². The van der Waals surface area contributed by atoms with E-state index in [0.29, 0.717) is 4.57 Å². The zero-order valence-electron chi connectivity index (χ0n) is 59.7. The van der Waals surface area contributed by atoms with Crippen molar-refractivity contribution >= 4 is 43.7 Å². The van der Waals surface area contributed by atoms with Crippen molar-refractivity contribution in [3.8, 4) is 62.1 Å². The number of para-hydroxylation sites is 2. The van der Waals surface area contributed by atoms with Crippen LogP contribution < -0.4 is 0 Å². The second-order valence-electron chi connectivity index (χ2n) is 11.6. The predicted molar refractivity (Wildman–Crippen MR) is 229 cm³/mol. The zero-order chi connectivity index (χ0) is 64.9. The summed E-state index contributed by atoms with van der Waals surface area (Å²) in [6.45, 7) is 0. The summed E-state index contributed by atoms with van der Waals surface area (Å²) in [4.78, 5) is 13.4. The van der Waals surface area contributed by atoms with Crippen molar-refractivity contribution in [2.45, 2.75) is 0 Å². The summed E-state index contributed by atoms with van der Waals surface area (Å²) in [6.07, 6.45) is 0. The van der Waals surface area contributed by atoms with Crippen LogP contribution in [0.3, 0.4) is 0 Å². The zero-order valence-corrected chi connectivity index (χ0v) is 27.7. The first-order chi connectivity index (χ1) is 41.1. The third-order valence-corrected chi connectivity index (χ3v) is 8.49. The Bertz CT molecular complexity index is 5050. The lowest BCUT2D eigenvalue weighted by Gasteiger charge is -2.15. The standard InChI is InChI=1S/C51H32N4O/c1-4-16-33(17-5-1)36-30-31-44-41(32-36)38-22-10-12-26-42(38)55(44)43-27-13-11-23-39(43)50-52-49(35-20-8-3-9-21-35)53-51(54-50)40-25-15-29-46-48(40)47-37(24-14-28-45(47)56-46)34-18-6-2-7-19-34/h1-32H/i1D,2D,3D,4D,5D,6D,7D,8D,9D,10D,11D,12D,13D,14D,15D,16D,17D,18D,19D,20D,21D,22D,23D,24D,25D,26D,27D,28D,29D,30D,31D,32D. The summed E-state index contributed by atoms with van der Waals surface area (Å²) < 4.78 is 293. The molecule has 0 radical (unpaired) electrons. The molecule has 0 spiro atoms. The predicted octanol–water partition coefficient (Wildman–Crippen LogP) is 13.2. The minimum Gasteiger partial charge on any atom is -0.456 e. The van der Waals surface area contributed by atoms with Crippen LogP contribution in [0.1, 0.15) is 43.9 Å². The van der Waals surface area contributed by atoms with Gasteiger partial charge in [-0.1, -0.05) is 151 Å². The summed E-state index contributed by atoms with van der Waals surface area (Å²) >= 11 is 0. The van der Waals surface area contributed by atoms with Crippen LogP contribution >= 0.6 is 0 Å². The van der Waals surface area contributed by atoms with Gasteiger partial charge in [0, 0.05) is 38.2 Å². The van der Waals surface area contributed by atoms with Crippen LogP contribution in [0.2, 0.25) is 0 Å². The Morgan fingerprint density at radius 3 is 1.66 bits per heavy atom. The van der Waals surface area contributed by atoms with Gasteiger partial charge in [-0.05, 0) is 64.6 Å². The fourth-order valence-electron chi connectivity index (χ4n) is 6.19. The molecule has 0 saturated carbocycles. The largest absolute Gasteiger partial charge is 0.456 e. The van der Waals surface area contributed by atoms with Crippen LogP contribution in [0, 0.1) is 0 Å². The van der Waals surface area contributed by atoms with Crippen molar-refractivity contribution in [3.05, 3.63) is 193 Å². The second kappa shape index (κ2) is 13.0. The van der Waals surface area contributed by atoms with E-state index in [0.717, 1.165) is 0 Å². The highest BCUT2D eigenvalue weighted by atomic mass is 16.3. The highest BCUT2D eigenvalue weighted by Crippen LogP contribution is 2.42. The van der Waals surface area contributed by atoms with Crippen molar-refractivity contribution < 1.29 is 48.3 Å². The third kappa shape index (κ3) is 5.21. The summed E-state index contributed by atoms with van der Waals surface area (Å²) in [5.41, 5.74) is -9.77. The fourth-order valence-corrected chi connectivity index (χ4v) is 6.19. The highest BCUT2D eigenvalue weighted by molar-refractivity contribution is 6.17. The Morgan fingerprint density at radius 1 is 0.375 bits per heavy atom. The highest BCUT2D eigenvalue weighted by Gasteiger charge is 2.22. The van der Waals surface area contributed by atoms with E-state index in [1.165, 1.54) is 0 Å². The van der Waals surface area contributed by atoms with Crippen LogP contribution in [-0.4, -0.2) is 19.5 Å². The van der Waals surface area contributed by atoms with Gasteiger partial charge < -0.3 is 8.98 Å². The Labute approximate surface area is 367 Å². The van der Waals surface area contributed by atoms with Gasteiger partial charge >= 0.3 is 0 Å². The summed E-state index contributed by atoms with van der Waals surface area (Å²) in [6, 6.07) is -31.8. The first-order valence-corrected chi connectivity index (χ1v) is 16.2. The van der Waals surface area contributed by atoms with Gasteiger partial charge in [0.05, 0.1) is 60.6 Å². The minimum atomic E-state index is -1.16. The van der Waals surface area contributed by atoms with Crippen LogP contribution in [0.5, 0.6) is 0 Å². The fraction of sp³-hybridized carbons (Fsp3) is 0. The van der Waals surface area contributed by atoms with Gasteiger partial charge in [-0.3, -0.25) is 0 Å². The topological polar surface area (TPSA) is 56.7 Å². The normalized spacial score (nSPS) is 19.6. The van der Waals surface area contributed by atoms with E-state index < -0.39 is 299 Å². The van der Waals surface area contributed by atoms with Gasteiger partial charge in [0.2, 0.25) is 0 Å². The second-order valence-corrected chi connectivity index (χ2v) is 11.6. The lowest BCUT2D eigenvalue weighted by atomic mass is 9.97. The summed E-state index contributed by atoms with van der Waals surface area (Å²) in [5.74, 6) is -3.05. The molecule has 11 aromatic rings. The quantitative estimate of drug-likeness (QED) is 0.170. The molecule has 11 rings (SSSR count). The minimum absolute atomic E-state index is 0.618. The molecule has 5 nitrogen and oxygen atoms in total. The molecule has 5 heteroatoms. The molecule has 8 aromatic carbocycles. The summed E-state index contributed by atoms with van der Waals surface area (Å²) in [5, 5.41) is -2.64. The molecular weight excluding hydrogens is 685 g/mol. The van der Waals surface area contributed by atoms with Crippen molar-refractivity contribution in [1.82, 2.24) is 19.5 Å². The molecule has 0 aliphatic carbocycles. The Balaban J connectivity index is 1.39. The third-order valence-electron chi connectivity index (χ3n) is 8.49. The molecule has 0 saturated heterocycles. The van der Waals surface area contributed by atoms with E-state index in [2.05, 4.69) is 15.0 Å². The smallest absolute Gasteiger partial charge is 0.166 e. The number of nitrogens with zero attached hydrogens (tertiary/aromatic N) is 4. The van der Waals surface area contributed by atoms with Gasteiger partial charge in [0.15, 0.2) is 17.5 Å². The molecule has 56 heavy (non-hydrogen) atoms. The first-order valence-electron chi connectivity index (χ1n) is 32.2. The van der Waals surface area contributed by atoms with Gasteiger partial charge in [-0.25, -0.2) is 15.0 Å². The van der Waals surface area contributed by atoms with Crippen LogP contribution in [0.25, 0.3) is 106 Å². The molecule has 3 heterocycles. The molecular formula is C51H32N4O. The molecule has 0 fully saturated rings. The van der Waals surface area contributed by atoms with E-state index in [4.69, 9.17) is 35.9 Å². The van der Waals surface area contributed by atoms with E-state index in [9.17, 15) is 12.3 Å². The summed E-state index contributed by atoms with van der Waals surface area (Å²) in [7, 11) is 0. The number of aromatic nitrogens is 4. The Kier molecular flexibility index (Phi) is 3.10. The number of benzene rings is 8. The maximum absolute atomic E-state index is 9.70. The maximum atomic E-state index is 9.70. The van der Waals surface area contributed by atoms with Crippen LogP contribution in [-0.2, 0) is 0 Å². The number of hydrogen-bond acceptors (Lipinski definition) is 4. The van der Waals surface area contributed by atoms with E-state index in [-0.39, 0.29) is 0 Å². The lowest BCUT2D eigenvalue weighted by Crippen LogP contribution is -2.03. The molecule has 262 valence electrons. The van der Waals surface area contributed by atoms with Gasteiger partial charge in [0.1, 0.15) is 11.2 Å². The van der Waals surface area contributed by atoms with E-state index >= 15 is 0 Å². The molecule has 0 amide bonds. The molecule has 0 atom stereocenters. The Morgan fingerprint density at radius 2 is 0.911 bits per heavy atom. The van der Waals surface area contributed by atoms with Crippen molar-refractivity contribution in [2.75, 3.05) is 0 Å². The van der Waals surface area contributed by atoms with Gasteiger partial charge in [-0.2, -0.15) is 0 Å². The molecule has 0 unspecified atom stereocenters. The van der Waals surface area contributed by atoms with E-state index in [1.807, 2.05) is 0 Å². The number of rotatable bonds is 6. The first kappa shape index (κ1) is 13.3. The number of hydrogen-bond donors (Lipinski definition) is 0. The van der Waals surface area contributed by atoms with Crippen LogP contribution in [0.4, 0.5) is 0 Å². The number of furan rings is 1. The van der Waals surface area contributed by atoms with Crippen molar-refractivity contribution in [2.24, 2.45) is 0 Å². The molecule has 3 aromatic heterocycles. The average Bonchev–Trinajstić information content (AvgIpc) is 1.54. The number of fused-ring (bicyclic) bond motifs is 6. The average molecular weight is 749 g/mol. The van der Waals surface area contributed by atoms with E-state index in [1.54, 1.807) is 0 Å². The molecule has 0 N–H and O–H groups in total.